The molecule has 1 aromatic rings. The van der Waals surface area contributed by atoms with Crippen molar-refractivity contribution in [3.8, 4) is 0 Å². The number of hydrogen-bond acceptors (Lipinski definition) is 4. The Morgan fingerprint density at radius 2 is 1.74 bits per heavy atom. The van der Waals surface area contributed by atoms with E-state index < -0.39 is 12.1 Å². The zero-order chi connectivity index (χ0) is 14.2. The van der Waals surface area contributed by atoms with Gasteiger partial charge in [-0.1, -0.05) is 18.7 Å². The monoisotopic (exact) mass is 261 g/mol. The van der Waals surface area contributed by atoms with Crippen LogP contribution in [0.25, 0.3) is 0 Å². The van der Waals surface area contributed by atoms with E-state index in [9.17, 15) is 9.59 Å². The van der Waals surface area contributed by atoms with Gasteiger partial charge in [-0.3, -0.25) is 19.7 Å². The molecule has 1 aromatic carbocycles. The predicted molar refractivity (Wildman–Crippen MR) is 68.7 cm³/mol. The lowest BCUT2D eigenvalue weighted by molar-refractivity contribution is -0.276. The molecule has 0 aromatic heterocycles. The van der Waals surface area contributed by atoms with Gasteiger partial charge in [-0.25, -0.2) is 4.89 Å². The van der Waals surface area contributed by atoms with E-state index in [0.29, 0.717) is 16.7 Å². The number of hydrogen-bond donors (Lipinski definition) is 1. The molecule has 0 saturated heterocycles. The summed E-state index contributed by atoms with van der Waals surface area (Å²) in [5.41, 5.74) is 1.28. The molecule has 1 N–H and O–H groups in total. The molecule has 100 valence electrons. The molecule has 0 radical (unpaired) electrons. The van der Waals surface area contributed by atoms with Gasteiger partial charge in [0.1, 0.15) is 6.10 Å². The van der Waals surface area contributed by atoms with Crippen LogP contribution in [0.2, 0.25) is 0 Å². The van der Waals surface area contributed by atoms with E-state index >= 15 is 0 Å². The van der Waals surface area contributed by atoms with Crippen LogP contribution in [0.3, 0.4) is 0 Å². The summed E-state index contributed by atoms with van der Waals surface area (Å²) in [6.07, 6.45) is -0.804. The van der Waals surface area contributed by atoms with E-state index in [0.717, 1.165) is 4.90 Å². The Morgan fingerprint density at radius 3 is 2.11 bits per heavy atom. The maximum atomic E-state index is 12.2. The topological polar surface area (TPSA) is 66.8 Å². The van der Waals surface area contributed by atoms with Crippen LogP contribution in [0, 0.1) is 0 Å². The fourth-order valence-corrected chi connectivity index (χ4v) is 2.30. The summed E-state index contributed by atoms with van der Waals surface area (Å²) in [4.78, 5) is 29.9. The first-order valence-corrected chi connectivity index (χ1v) is 5.91. The van der Waals surface area contributed by atoms with Crippen LogP contribution in [0.4, 0.5) is 0 Å². The van der Waals surface area contributed by atoms with Crippen molar-refractivity contribution in [3.05, 3.63) is 47.5 Å². The number of nitrogens with zero attached hydrogens (tertiary/aromatic N) is 1. The minimum Gasteiger partial charge on any atom is -0.269 e. The quantitative estimate of drug-likeness (QED) is 0.390. The lowest BCUT2D eigenvalue weighted by Crippen LogP contribution is -2.46. The molecule has 0 spiro atoms. The summed E-state index contributed by atoms with van der Waals surface area (Å²) < 4.78 is 0. The molecule has 19 heavy (non-hydrogen) atoms. The molecule has 1 aliphatic heterocycles. The normalized spacial score (nSPS) is 17.3. The van der Waals surface area contributed by atoms with Gasteiger partial charge in [-0.05, 0) is 31.6 Å². The van der Waals surface area contributed by atoms with Crippen LogP contribution in [-0.2, 0) is 4.89 Å². The Bertz CT molecular complexity index is 517. The van der Waals surface area contributed by atoms with Gasteiger partial charge in [-0.15, -0.1) is 0 Å². The largest absolute Gasteiger partial charge is 0.269 e. The summed E-state index contributed by atoms with van der Waals surface area (Å²) in [5.74, 6) is -0.757. The van der Waals surface area contributed by atoms with Crippen molar-refractivity contribution >= 4 is 11.8 Å². The number of rotatable bonds is 4. The SMILES string of the molecule is C=C(C)[C@H](OO)[C@H](C)N1C(=O)c2ccccc2C1=O. The first-order chi connectivity index (χ1) is 8.99. The molecule has 1 heterocycles. The third-order valence-corrected chi connectivity index (χ3v) is 3.27. The Balaban J connectivity index is 2.36. The fourth-order valence-electron chi connectivity index (χ4n) is 2.30. The summed E-state index contributed by atoms with van der Waals surface area (Å²) in [6.45, 7) is 6.98. The van der Waals surface area contributed by atoms with Crippen LogP contribution in [0.1, 0.15) is 34.6 Å². The highest BCUT2D eigenvalue weighted by molar-refractivity contribution is 6.21. The molecule has 0 fully saturated rings. The molecule has 5 nitrogen and oxygen atoms in total. The first-order valence-electron chi connectivity index (χ1n) is 5.91. The summed E-state index contributed by atoms with van der Waals surface area (Å²) in [6, 6.07) is 6.00. The number of benzene rings is 1. The molecule has 0 bridgehead atoms. The highest BCUT2D eigenvalue weighted by Gasteiger charge is 2.41. The van der Waals surface area contributed by atoms with Gasteiger partial charge in [0.25, 0.3) is 11.8 Å². The summed E-state index contributed by atoms with van der Waals surface area (Å²) >= 11 is 0. The van der Waals surface area contributed by atoms with Gasteiger partial charge in [0, 0.05) is 0 Å². The Labute approximate surface area is 111 Å². The van der Waals surface area contributed by atoms with Gasteiger partial charge >= 0.3 is 0 Å². The van der Waals surface area contributed by atoms with Gasteiger partial charge in [0.15, 0.2) is 0 Å². The Kier molecular flexibility index (Phi) is 3.50. The predicted octanol–water partition coefficient (Wildman–Crippen LogP) is 2.11. The van der Waals surface area contributed by atoms with Crippen molar-refractivity contribution in [3.63, 3.8) is 0 Å². The van der Waals surface area contributed by atoms with Crippen molar-refractivity contribution in [1.82, 2.24) is 4.90 Å². The van der Waals surface area contributed by atoms with Crippen LogP contribution in [0.5, 0.6) is 0 Å². The van der Waals surface area contributed by atoms with Crippen molar-refractivity contribution in [2.45, 2.75) is 26.0 Å². The average molecular weight is 261 g/mol. The van der Waals surface area contributed by atoms with Crippen LogP contribution in [0.15, 0.2) is 36.4 Å². The molecular formula is C14H15NO4. The third kappa shape index (κ3) is 2.07. The zero-order valence-electron chi connectivity index (χ0n) is 10.8. The highest BCUT2D eigenvalue weighted by atomic mass is 17.1. The molecule has 0 unspecified atom stereocenters. The fraction of sp³-hybridized carbons (Fsp3) is 0.286. The highest BCUT2D eigenvalue weighted by Crippen LogP contribution is 2.27. The first kappa shape index (κ1) is 13.5. The van der Waals surface area contributed by atoms with Gasteiger partial charge in [0.05, 0.1) is 17.2 Å². The number of carbonyl (C=O) groups excluding carboxylic acids is 2. The van der Waals surface area contributed by atoms with E-state index in [2.05, 4.69) is 11.5 Å². The van der Waals surface area contributed by atoms with Crippen LogP contribution >= 0.6 is 0 Å². The lowest BCUT2D eigenvalue weighted by Gasteiger charge is -2.28. The van der Waals surface area contributed by atoms with Crippen molar-refractivity contribution in [2.75, 3.05) is 0 Å². The van der Waals surface area contributed by atoms with E-state index in [1.807, 2.05) is 0 Å². The second kappa shape index (κ2) is 4.95. The molecule has 2 rings (SSSR count). The minimum atomic E-state index is -0.804. The third-order valence-electron chi connectivity index (χ3n) is 3.27. The number of amides is 2. The number of fused-ring (bicyclic) bond motifs is 1. The summed E-state index contributed by atoms with van der Waals surface area (Å²) in [7, 11) is 0. The second-order valence-corrected chi connectivity index (χ2v) is 4.64. The summed E-state index contributed by atoms with van der Waals surface area (Å²) in [5, 5.41) is 8.91. The van der Waals surface area contributed by atoms with Crippen molar-refractivity contribution in [1.29, 1.82) is 0 Å². The van der Waals surface area contributed by atoms with Gasteiger partial charge < -0.3 is 0 Å². The second-order valence-electron chi connectivity index (χ2n) is 4.64. The van der Waals surface area contributed by atoms with Crippen molar-refractivity contribution in [2.24, 2.45) is 0 Å². The molecule has 2 amide bonds. The molecule has 1 aliphatic rings. The molecule has 5 heteroatoms. The Hall–Kier alpha value is -1.98. The maximum absolute atomic E-state index is 12.2. The Morgan fingerprint density at radius 1 is 1.26 bits per heavy atom. The van der Waals surface area contributed by atoms with E-state index in [1.165, 1.54) is 0 Å². The number of imide groups is 1. The number of carbonyl (C=O) groups is 2. The molecule has 0 saturated carbocycles. The zero-order valence-corrected chi connectivity index (χ0v) is 10.8. The van der Waals surface area contributed by atoms with Crippen LogP contribution < -0.4 is 0 Å². The standard InChI is InChI=1S/C14H15NO4/c1-8(2)12(19-18)9(3)15-13(16)10-6-4-5-7-11(10)14(15)17/h4-7,9,12,18H,1H2,2-3H3/t9-,12-/m0/s1. The van der Waals surface area contributed by atoms with Crippen LogP contribution in [-0.4, -0.2) is 34.1 Å². The van der Waals surface area contributed by atoms with E-state index in [1.54, 1.807) is 38.1 Å². The molecule has 0 aliphatic carbocycles. The average Bonchev–Trinajstić information content (AvgIpc) is 2.63. The van der Waals surface area contributed by atoms with E-state index in [-0.39, 0.29) is 11.8 Å². The maximum Gasteiger partial charge on any atom is 0.261 e. The van der Waals surface area contributed by atoms with Gasteiger partial charge in [-0.2, -0.15) is 0 Å². The minimum absolute atomic E-state index is 0.373. The van der Waals surface area contributed by atoms with Crippen molar-refractivity contribution < 1.29 is 19.7 Å². The smallest absolute Gasteiger partial charge is 0.261 e. The molecule has 2 atom stereocenters. The molecular weight excluding hydrogens is 246 g/mol. The lowest BCUT2D eigenvalue weighted by atomic mass is 10.1. The van der Waals surface area contributed by atoms with E-state index in [4.69, 9.17) is 5.26 Å². The van der Waals surface area contributed by atoms with Gasteiger partial charge in [0.2, 0.25) is 0 Å².